The van der Waals surface area contributed by atoms with Gasteiger partial charge in [0.1, 0.15) is 11.5 Å². The van der Waals surface area contributed by atoms with Crippen LogP contribution in [0, 0.1) is 0 Å². The molecule has 3 heteroatoms. The molecule has 1 aromatic heterocycles. The summed E-state index contributed by atoms with van der Waals surface area (Å²) in [6, 6.07) is 18.8. The lowest BCUT2D eigenvalue weighted by molar-refractivity contribution is 0.475. The van der Waals surface area contributed by atoms with E-state index in [-0.39, 0.29) is 5.75 Å². The quantitative estimate of drug-likeness (QED) is 0.756. The summed E-state index contributed by atoms with van der Waals surface area (Å²) in [5.74, 6) is 1.70. The Kier molecular flexibility index (Phi) is 3.17. The first kappa shape index (κ1) is 12.4. The Morgan fingerprint density at radius 1 is 0.950 bits per heavy atom. The summed E-state index contributed by atoms with van der Waals surface area (Å²) in [7, 11) is 0. The Morgan fingerprint density at radius 2 is 1.65 bits per heavy atom. The van der Waals surface area contributed by atoms with E-state index < -0.39 is 0 Å². The van der Waals surface area contributed by atoms with Crippen molar-refractivity contribution < 1.29 is 9.52 Å². The monoisotopic (exact) mass is 265 g/mol. The number of furan rings is 1. The van der Waals surface area contributed by atoms with Gasteiger partial charge in [-0.1, -0.05) is 30.3 Å². The number of hydrogen-bond acceptors (Lipinski definition) is 3. The summed E-state index contributed by atoms with van der Waals surface area (Å²) >= 11 is 0. The van der Waals surface area contributed by atoms with Gasteiger partial charge in [0.25, 0.3) is 0 Å². The van der Waals surface area contributed by atoms with Crippen LogP contribution >= 0.6 is 0 Å². The van der Waals surface area contributed by atoms with E-state index in [1.165, 1.54) is 5.56 Å². The van der Waals surface area contributed by atoms with Crippen LogP contribution < -0.4 is 5.73 Å². The molecule has 3 N–H and O–H groups in total. The van der Waals surface area contributed by atoms with Gasteiger partial charge in [0.15, 0.2) is 5.76 Å². The number of anilines is 1. The van der Waals surface area contributed by atoms with E-state index in [1.54, 1.807) is 24.3 Å². The van der Waals surface area contributed by atoms with Crippen molar-refractivity contribution in [2.75, 3.05) is 5.73 Å². The Hall–Kier alpha value is -2.68. The fourth-order valence-electron chi connectivity index (χ4n) is 2.18. The summed E-state index contributed by atoms with van der Waals surface area (Å²) in [4.78, 5) is 0. The second-order valence-electron chi connectivity index (χ2n) is 4.71. The van der Waals surface area contributed by atoms with Crippen LogP contribution in [0.25, 0.3) is 11.3 Å². The third-order valence-electron chi connectivity index (χ3n) is 3.16. The predicted molar refractivity (Wildman–Crippen MR) is 79.5 cm³/mol. The molecule has 0 aliphatic carbocycles. The summed E-state index contributed by atoms with van der Waals surface area (Å²) in [5, 5.41) is 9.31. The maximum Gasteiger partial charge on any atom is 0.157 e. The highest BCUT2D eigenvalue weighted by Gasteiger charge is 2.11. The Labute approximate surface area is 117 Å². The van der Waals surface area contributed by atoms with Crippen molar-refractivity contribution in [3.63, 3.8) is 0 Å². The van der Waals surface area contributed by atoms with Crippen LogP contribution in [-0.4, -0.2) is 5.11 Å². The summed E-state index contributed by atoms with van der Waals surface area (Å²) in [5.41, 5.74) is 8.66. The van der Waals surface area contributed by atoms with Crippen LogP contribution in [0.4, 0.5) is 5.69 Å². The van der Waals surface area contributed by atoms with E-state index in [2.05, 4.69) is 12.1 Å². The molecule has 20 heavy (non-hydrogen) atoms. The molecule has 0 spiro atoms. The fraction of sp³-hybridized carbons (Fsp3) is 0.0588. The van der Waals surface area contributed by atoms with Crippen molar-refractivity contribution in [3.8, 4) is 17.1 Å². The van der Waals surface area contributed by atoms with Crippen LogP contribution in [0.1, 0.15) is 11.3 Å². The fourth-order valence-corrected chi connectivity index (χ4v) is 2.18. The van der Waals surface area contributed by atoms with Crippen molar-refractivity contribution in [1.29, 1.82) is 0 Å². The summed E-state index contributed by atoms with van der Waals surface area (Å²) < 4.78 is 5.84. The number of aromatic hydroxyl groups is 1. The average Bonchev–Trinajstić information content (AvgIpc) is 2.81. The number of phenolic OH excluding ortho intramolecular Hbond substituents is 1. The highest BCUT2D eigenvalue weighted by atomic mass is 16.3. The average molecular weight is 265 g/mol. The number of phenols is 1. The molecule has 2 aromatic carbocycles. The number of benzene rings is 2. The molecule has 100 valence electrons. The maximum absolute atomic E-state index is 9.31. The van der Waals surface area contributed by atoms with Gasteiger partial charge >= 0.3 is 0 Å². The van der Waals surface area contributed by atoms with Gasteiger partial charge in [-0.15, -0.1) is 0 Å². The smallest absolute Gasteiger partial charge is 0.157 e. The van der Waals surface area contributed by atoms with E-state index in [9.17, 15) is 5.11 Å². The second kappa shape index (κ2) is 5.13. The normalized spacial score (nSPS) is 10.6. The van der Waals surface area contributed by atoms with Gasteiger partial charge in [0.2, 0.25) is 0 Å². The molecule has 0 unspecified atom stereocenters. The van der Waals surface area contributed by atoms with Crippen LogP contribution in [0.15, 0.2) is 65.1 Å². The zero-order chi connectivity index (χ0) is 13.9. The molecule has 0 fully saturated rings. The zero-order valence-electron chi connectivity index (χ0n) is 10.9. The topological polar surface area (TPSA) is 59.4 Å². The third-order valence-corrected chi connectivity index (χ3v) is 3.16. The van der Waals surface area contributed by atoms with Gasteiger partial charge in [0.05, 0.1) is 5.69 Å². The van der Waals surface area contributed by atoms with Crippen molar-refractivity contribution in [2.45, 2.75) is 6.42 Å². The summed E-state index contributed by atoms with van der Waals surface area (Å²) in [6.07, 6.45) is 0.711. The van der Waals surface area contributed by atoms with Crippen molar-refractivity contribution in [1.82, 2.24) is 0 Å². The number of nitrogens with two attached hydrogens (primary N) is 1. The molecule has 0 saturated heterocycles. The van der Waals surface area contributed by atoms with Gasteiger partial charge in [-0.2, -0.15) is 0 Å². The molecule has 3 nitrogen and oxygen atoms in total. The second-order valence-corrected chi connectivity index (χ2v) is 4.71. The Bertz CT molecular complexity index is 700. The number of nitrogen functional groups attached to an aromatic ring is 1. The minimum atomic E-state index is 0.225. The van der Waals surface area contributed by atoms with E-state index in [1.807, 2.05) is 24.3 Å². The van der Waals surface area contributed by atoms with E-state index in [4.69, 9.17) is 10.2 Å². The highest BCUT2D eigenvalue weighted by Crippen LogP contribution is 2.31. The van der Waals surface area contributed by atoms with Crippen molar-refractivity contribution >= 4 is 5.69 Å². The Morgan fingerprint density at radius 3 is 2.35 bits per heavy atom. The van der Waals surface area contributed by atoms with Gasteiger partial charge in [0, 0.05) is 18.1 Å². The lowest BCUT2D eigenvalue weighted by atomic mass is 10.1. The predicted octanol–water partition coefficient (Wildman–Crippen LogP) is 3.83. The first-order valence-corrected chi connectivity index (χ1v) is 6.44. The van der Waals surface area contributed by atoms with Gasteiger partial charge in [-0.25, -0.2) is 0 Å². The zero-order valence-corrected chi connectivity index (χ0v) is 10.9. The molecule has 0 radical (unpaired) electrons. The van der Waals surface area contributed by atoms with E-state index in [0.717, 1.165) is 11.3 Å². The lowest BCUT2D eigenvalue weighted by Gasteiger charge is -2.00. The van der Waals surface area contributed by atoms with Crippen molar-refractivity contribution in [3.05, 3.63) is 72.0 Å². The Balaban J connectivity index is 1.89. The molecular weight excluding hydrogens is 250 g/mol. The molecular formula is C17H15NO2. The lowest BCUT2D eigenvalue weighted by Crippen LogP contribution is -1.84. The largest absolute Gasteiger partial charge is 0.508 e. The first-order chi connectivity index (χ1) is 9.72. The number of hydrogen-bond donors (Lipinski definition) is 2. The molecule has 0 amide bonds. The van der Waals surface area contributed by atoms with Gasteiger partial charge in [-0.3, -0.25) is 0 Å². The van der Waals surface area contributed by atoms with Crippen LogP contribution in [0.2, 0.25) is 0 Å². The van der Waals surface area contributed by atoms with Crippen molar-refractivity contribution in [2.24, 2.45) is 0 Å². The van der Waals surface area contributed by atoms with Crippen LogP contribution in [0.3, 0.4) is 0 Å². The van der Waals surface area contributed by atoms with E-state index in [0.29, 0.717) is 17.9 Å². The van der Waals surface area contributed by atoms with Crippen LogP contribution in [0.5, 0.6) is 5.75 Å². The molecule has 0 aliphatic heterocycles. The van der Waals surface area contributed by atoms with Crippen LogP contribution in [-0.2, 0) is 6.42 Å². The molecule has 0 bridgehead atoms. The summed E-state index contributed by atoms with van der Waals surface area (Å²) in [6.45, 7) is 0. The maximum atomic E-state index is 9.31. The minimum absolute atomic E-state index is 0.225. The molecule has 0 atom stereocenters. The minimum Gasteiger partial charge on any atom is -0.508 e. The molecule has 0 saturated carbocycles. The highest BCUT2D eigenvalue weighted by molar-refractivity contribution is 5.72. The van der Waals surface area contributed by atoms with E-state index >= 15 is 0 Å². The SMILES string of the molecule is Nc1cc(Cc2ccccc2)oc1-c1ccc(O)cc1. The van der Waals surface area contributed by atoms with Gasteiger partial charge in [-0.05, 0) is 29.8 Å². The number of rotatable bonds is 3. The standard InChI is InChI=1S/C17H15NO2/c18-16-11-15(10-12-4-2-1-3-5-12)20-17(16)13-6-8-14(19)9-7-13/h1-9,11,19H,10,18H2. The molecule has 3 aromatic rings. The third kappa shape index (κ3) is 2.52. The first-order valence-electron chi connectivity index (χ1n) is 6.44. The van der Waals surface area contributed by atoms with Gasteiger partial charge < -0.3 is 15.3 Å². The molecule has 3 rings (SSSR count). The molecule has 1 heterocycles. The molecule has 0 aliphatic rings.